The van der Waals surface area contributed by atoms with Gasteiger partial charge in [0.1, 0.15) is 0 Å². The highest BCUT2D eigenvalue weighted by molar-refractivity contribution is 5.83. The molecule has 0 spiro atoms. The number of piperidine rings is 1. The van der Waals surface area contributed by atoms with Gasteiger partial charge in [0.25, 0.3) is 0 Å². The van der Waals surface area contributed by atoms with Crippen LogP contribution in [-0.2, 0) is 11.2 Å². The Morgan fingerprint density at radius 1 is 1.14 bits per heavy atom. The van der Waals surface area contributed by atoms with E-state index in [0.717, 1.165) is 44.8 Å². The number of benzene rings is 1. The molecule has 4 rings (SSSR count). The summed E-state index contributed by atoms with van der Waals surface area (Å²) in [6.07, 6.45) is 9.25. The summed E-state index contributed by atoms with van der Waals surface area (Å²) in [7, 11) is 0. The summed E-state index contributed by atoms with van der Waals surface area (Å²) in [6.45, 7) is 7.29. The second-order valence-corrected chi connectivity index (χ2v) is 9.30. The third kappa shape index (κ3) is 5.05. The zero-order chi connectivity index (χ0) is 20.3. The summed E-state index contributed by atoms with van der Waals surface area (Å²) in [4.78, 5) is 20.0. The maximum atomic E-state index is 13.3. The third-order valence-corrected chi connectivity index (χ3v) is 6.28. The molecule has 1 aliphatic heterocycles. The average Bonchev–Trinajstić information content (AvgIpc) is 3.53. The smallest absolute Gasteiger partial charge is 0.228 e. The van der Waals surface area contributed by atoms with E-state index < -0.39 is 0 Å². The second kappa shape index (κ2) is 8.66. The maximum absolute atomic E-state index is 13.3. The summed E-state index contributed by atoms with van der Waals surface area (Å²) >= 11 is 0. The van der Waals surface area contributed by atoms with Crippen molar-refractivity contribution in [3.05, 3.63) is 54.4 Å². The molecule has 1 aromatic heterocycles. The number of pyridine rings is 1. The van der Waals surface area contributed by atoms with Gasteiger partial charge >= 0.3 is 0 Å². The van der Waals surface area contributed by atoms with Crippen LogP contribution in [-0.4, -0.2) is 41.5 Å². The van der Waals surface area contributed by atoms with Crippen LogP contribution in [0, 0.1) is 11.3 Å². The van der Waals surface area contributed by atoms with E-state index in [9.17, 15) is 4.79 Å². The fourth-order valence-electron chi connectivity index (χ4n) is 4.62. The molecule has 4 nitrogen and oxygen atoms in total. The average molecular weight is 392 g/mol. The van der Waals surface area contributed by atoms with Crippen molar-refractivity contribution in [1.29, 1.82) is 0 Å². The number of hydrogen-bond donors (Lipinski definition) is 1. The number of nitrogens with zero attached hydrogens (tertiary/aromatic N) is 2. The predicted molar refractivity (Wildman–Crippen MR) is 117 cm³/mol. The fourth-order valence-corrected chi connectivity index (χ4v) is 4.62. The van der Waals surface area contributed by atoms with E-state index >= 15 is 0 Å². The van der Waals surface area contributed by atoms with E-state index in [2.05, 4.69) is 53.3 Å². The highest BCUT2D eigenvalue weighted by Gasteiger charge is 2.43. The molecule has 29 heavy (non-hydrogen) atoms. The lowest BCUT2D eigenvalue weighted by molar-refractivity contribution is -0.135. The zero-order valence-electron chi connectivity index (χ0n) is 17.7. The van der Waals surface area contributed by atoms with Crippen LogP contribution in [0.1, 0.15) is 45.1 Å². The Morgan fingerprint density at radius 3 is 2.48 bits per heavy atom. The quantitative estimate of drug-likeness (QED) is 0.765. The number of amides is 1. The van der Waals surface area contributed by atoms with Crippen LogP contribution in [0.3, 0.4) is 0 Å². The molecule has 1 saturated heterocycles. The molecule has 2 heterocycles. The van der Waals surface area contributed by atoms with Gasteiger partial charge in [-0.2, -0.15) is 0 Å². The monoisotopic (exact) mass is 391 g/mol. The summed E-state index contributed by atoms with van der Waals surface area (Å²) in [5, 5.41) is 3.23. The number of rotatable bonds is 7. The minimum atomic E-state index is -0.324. The Bertz CT molecular complexity index is 814. The Balaban J connectivity index is 1.53. The van der Waals surface area contributed by atoms with Gasteiger partial charge in [-0.1, -0.05) is 24.3 Å². The normalized spacial score (nSPS) is 22.6. The van der Waals surface area contributed by atoms with Crippen molar-refractivity contribution in [3.63, 3.8) is 0 Å². The summed E-state index contributed by atoms with van der Waals surface area (Å²) in [5.41, 5.74) is 3.29. The van der Waals surface area contributed by atoms with Gasteiger partial charge in [-0.25, -0.2) is 0 Å². The molecule has 2 fully saturated rings. The highest BCUT2D eigenvalue weighted by atomic mass is 16.2. The molecule has 1 atom stereocenters. The molecule has 154 valence electrons. The number of aromatic nitrogens is 1. The van der Waals surface area contributed by atoms with Crippen LogP contribution in [0.4, 0.5) is 0 Å². The molecule has 0 bridgehead atoms. The standard InChI is InChI=1S/C25H33N3O/c1-19(2)27-24(29)25(12-3-15-28(18-25)17-21-4-5-21)16-20-6-8-22(9-7-20)23-10-13-26-14-11-23/h6-11,13-14,19,21H,3-5,12,15-18H2,1-2H3,(H,27,29). The van der Waals surface area contributed by atoms with Crippen LogP contribution in [0.2, 0.25) is 0 Å². The van der Waals surface area contributed by atoms with Gasteiger partial charge in [-0.05, 0) is 87.2 Å². The van der Waals surface area contributed by atoms with E-state index in [1.807, 2.05) is 24.5 Å². The summed E-state index contributed by atoms with van der Waals surface area (Å²) in [5.74, 6) is 1.09. The Labute approximate surface area is 174 Å². The Morgan fingerprint density at radius 2 is 1.83 bits per heavy atom. The number of carbonyl (C=O) groups is 1. The van der Waals surface area contributed by atoms with Crippen molar-refractivity contribution in [3.8, 4) is 11.1 Å². The van der Waals surface area contributed by atoms with Crippen LogP contribution >= 0.6 is 0 Å². The topological polar surface area (TPSA) is 45.2 Å². The number of carbonyl (C=O) groups excluding carboxylic acids is 1. The molecule has 1 amide bonds. The largest absolute Gasteiger partial charge is 0.353 e. The van der Waals surface area contributed by atoms with E-state index in [1.54, 1.807) is 0 Å². The molecule has 2 aromatic rings. The van der Waals surface area contributed by atoms with Crippen molar-refractivity contribution in [1.82, 2.24) is 15.2 Å². The van der Waals surface area contributed by atoms with Crippen molar-refractivity contribution in [2.75, 3.05) is 19.6 Å². The third-order valence-electron chi connectivity index (χ3n) is 6.28. The van der Waals surface area contributed by atoms with Gasteiger partial charge in [0.05, 0.1) is 5.41 Å². The summed E-state index contributed by atoms with van der Waals surface area (Å²) < 4.78 is 0. The highest BCUT2D eigenvalue weighted by Crippen LogP contribution is 2.37. The lowest BCUT2D eigenvalue weighted by Crippen LogP contribution is -2.54. The van der Waals surface area contributed by atoms with E-state index in [4.69, 9.17) is 0 Å². The van der Waals surface area contributed by atoms with Crippen LogP contribution in [0.15, 0.2) is 48.8 Å². The molecule has 1 aromatic carbocycles. The van der Waals surface area contributed by atoms with Crippen LogP contribution < -0.4 is 5.32 Å². The molecule has 1 N–H and O–H groups in total. The van der Waals surface area contributed by atoms with E-state index in [-0.39, 0.29) is 17.4 Å². The van der Waals surface area contributed by atoms with E-state index in [1.165, 1.54) is 29.5 Å². The van der Waals surface area contributed by atoms with Gasteiger partial charge in [-0.3, -0.25) is 9.78 Å². The molecular formula is C25H33N3O. The molecule has 1 saturated carbocycles. The van der Waals surface area contributed by atoms with Gasteiger partial charge in [0.2, 0.25) is 5.91 Å². The first-order valence-corrected chi connectivity index (χ1v) is 11.1. The van der Waals surface area contributed by atoms with Gasteiger partial charge < -0.3 is 10.2 Å². The Kier molecular flexibility index (Phi) is 6.00. The maximum Gasteiger partial charge on any atom is 0.228 e. The predicted octanol–water partition coefficient (Wildman–Crippen LogP) is 4.31. The number of likely N-dealkylation sites (tertiary alicyclic amines) is 1. The van der Waals surface area contributed by atoms with Gasteiger partial charge in [0, 0.05) is 31.5 Å². The van der Waals surface area contributed by atoms with Crippen molar-refractivity contribution >= 4 is 5.91 Å². The second-order valence-electron chi connectivity index (χ2n) is 9.30. The molecule has 0 radical (unpaired) electrons. The molecule has 2 aliphatic rings. The van der Waals surface area contributed by atoms with Crippen LogP contribution in [0.5, 0.6) is 0 Å². The Hall–Kier alpha value is -2.20. The first-order chi connectivity index (χ1) is 14.0. The molecule has 1 aliphatic carbocycles. The minimum Gasteiger partial charge on any atom is -0.353 e. The lowest BCUT2D eigenvalue weighted by Gasteiger charge is -2.42. The van der Waals surface area contributed by atoms with Gasteiger partial charge in [0.15, 0.2) is 0 Å². The zero-order valence-corrected chi connectivity index (χ0v) is 17.7. The van der Waals surface area contributed by atoms with Crippen LogP contribution in [0.25, 0.3) is 11.1 Å². The van der Waals surface area contributed by atoms with E-state index in [0.29, 0.717) is 0 Å². The first-order valence-electron chi connectivity index (χ1n) is 11.1. The molecule has 4 heteroatoms. The lowest BCUT2D eigenvalue weighted by atomic mass is 9.74. The fraction of sp³-hybridized carbons (Fsp3) is 0.520. The minimum absolute atomic E-state index is 0.173. The SMILES string of the molecule is CC(C)NC(=O)C1(Cc2ccc(-c3ccncc3)cc2)CCCN(CC2CC2)C1. The molecule has 1 unspecified atom stereocenters. The van der Waals surface area contributed by atoms with Gasteiger partial charge in [-0.15, -0.1) is 0 Å². The summed E-state index contributed by atoms with van der Waals surface area (Å²) in [6, 6.07) is 13.0. The molecular weight excluding hydrogens is 358 g/mol. The number of hydrogen-bond acceptors (Lipinski definition) is 3. The number of nitrogens with one attached hydrogen (secondary N) is 1. The first kappa shape index (κ1) is 20.1. The van der Waals surface area contributed by atoms with Crippen molar-refractivity contribution < 1.29 is 4.79 Å². The van der Waals surface area contributed by atoms with Crippen molar-refractivity contribution in [2.24, 2.45) is 11.3 Å². The van der Waals surface area contributed by atoms with Crippen molar-refractivity contribution in [2.45, 2.75) is 52.0 Å².